The van der Waals surface area contributed by atoms with Crippen molar-refractivity contribution < 1.29 is 0 Å². The Kier molecular flexibility index (Phi) is 3.59. The zero-order valence-corrected chi connectivity index (χ0v) is 10.6. The normalized spacial score (nSPS) is 21.0. The van der Waals surface area contributed by atoms with Gasteiger partial charge in [0.15, 0.2) is 0 Å². The Balaban J connectivity index is 2.16. The highest BCUT2D eigenvalue weighted by Gasteiger charge is 2.23. The molecular formula is C9H11Cl2N3S. The SMILES string of the molecule is CSC1CCN(c2cc(Cl)nc(Cl)n2)C1. The highest BCUT2D eigenvalue weighted by atomic mass is 35.5. The molecule has 0 N–H and O–H groups in total. The van der Waals surface area contributed by atoms with Gasteiger partial charge < -0.3 is 4.90 Å². The second-order valence-corrected chi connectivity index (χ2v) is 5.27. The van der Waals surface area contributed by atoms with Gasteiger partial charge in [-0.2, -0.15) is 11.8 Å². The van der Waals surface area contributed by atoms with Crippen molar-refractivity contribution in [2.45, 2.75) is 11.7 Å². The van der Waals surface area contributed by atoms with Crippen molar-refractivity contribution in [1.82, 2.24) is 9.97 Å². The molecule has 0 amide bonds. The number of rotatable bonds is 2. The lowest BCUT2D eigenvalue weighted by Crippen LogP contribution is -2.21. The average Bonchev–Trinajstić information content (AvgIpc) is 2.64. The summed E-state index contributed by atoms with van der Waals surface area (Å²) in [6.07, 6.45) is 3.31. The second-order valence-electron chi connectivity index (χ2n) is 3.41. The van der Waals surface area contributed by atoms with Crippen molar-refractivity contribution in [1.29, 1.82) is 0 Å². The van der Waals surface area contributed by atoms with Crippen LogP contribution in [-0.4, -0.2) is 34.6 Å². The molecule has 1 aliphatic heterocycles. The van der Waals surface area contributed by atoms with Crippen LogP contribution < -0.4 is 4.90 Å². The Hall–Kier alpha value is -0.190. The number of hydrogen-bond donors (Lipinski definition) is 0. The van der Waals surface area contributed by atoms with E-state index in [1.54, 1.807) is 6.07 Å². The fraction of sp³-hybridized carbons (Fsp3) is 0.556. The first-order valence-corrected chi connectivity index (χ1v) is 6.71. The van der Waals surface area contributed by atoms with Crippen LogP contribution in [0.4, 0.5) is 5.82 Å². The molecule has 0 aliphatic carbocycles. The molecule has 2 heterocycles. The molecule has 1 aromatic rings. The molecule has 0 saturated carbocycles. The molecule has 1 aliphatic rings. The fourth-order valence-electron chi connectivity index (χ4n) is 1.67. The van der Waals surface area contributed by atoms with Gasteiger partial charge in [-0.3, -0.25) is 0 Å². The maximum atomic E-state index is 5.83. The summed E-state index contributed by atoms with van der Waals surface area (Å²) in [6, 6.07) is 1.76. The Morgan fingerprint density at radius 2 is 2.27 bits per heavy atom. The third-order valence-electron chi connectivity index (χ3n) is 2.46. The van der Waals surface area contributed by atoms with Gasteiger partial charge in [-0.1, -0.05) is 11.6 Å². The monoisotopic (exact) mass is 263 g/mol. The Labute approximate surface area is 103 Å². The molecule has 82 valence electrons. The molecule has 15 heavy (non-hydrogen) atoms. The number of hydrogen-bond acceptors (Lipinski definition) is 4. The van der Waals surface area contributed by atoms with Crippen LogP contribution in [0, 0.1) is 0 Å². The molecule has 0 radical (unpaired) electrons. The summed E-state index contributed by atoms with van der Waals surface area (Å²) in [6.45, 7) is 2.01. The van der Waals surface area contributed by atoms with E-state index < -0.39 is 0 Å². The lowest BCUT2D eigenvalue weighted by Gasteiger charge is -2.16. The maximum Gasteiger partial charge on any atom is 0.225 e. The van der Waals surface area contributed by atoms with E-state index in [4.69, 9.17) is 23.2 Å². The van der Waals surface area contributed by atoms with E-state index in [1.165, 1.54) is 6.42 Å². The summed E-state index contributed by atoms with van der Waals surface area (Å²) in [5.41, 5.74) is 0. The molecule has 0 aromatic carbocycles. The molecule has 0 bridgehead atoms. The van der Waals surface area contributed by atoms with Gasteiger partial charge in [-0.25, -0.2) is 9.97 Å². The van der Waals surface area contributed by atoms with Crippen molar-refractivity contribution >= 4 is 40.8 Å². The smallest absolute Gasteiger partial charge is 0.225 e. The Bertz CT molecular complexity index is 341. The Morgan fingerprint density at radius 1 is 1.47 bits per heavy atom. The molecular weight excluding hydrogens is 253 g/mol. The fourth-order valence-corrected chi connectivity index (χ4v) is 2.74. The lowest BCUT2D eigenvalue weighted by molar-refractivity contribution is 0.928. The van der Waals surface area contributed by atoms with Gasteiger partial charge in [-0.05, 0) is 24.3 Å². The molecule has 0 spiro atoms. The number of thioether (sulfide) groups is 1. The van der Waals surface area contributed by atoms with Gasteiger partial charge in [0.2, 0.25) is 5.28 Å². The van der Waals surface area contributed by atoms with E-state index in [1.807, 2.05) is 11.8 Å². The van der Waals surface area contributed by atoms with E-state index in [-0.39, 0.29) is 5.28 Å². The first-order valence-electron chi connectivity index (χ1n) is 4.67. The van der Waals surface area contributed by atoms with E-state index in [9.17, 15) is 0 Å². The van der Waals surface area contributed by atoms with Gasteiger partial charge in [0.1, 0.15) is 11.0 Å². The summed E-state index contributed by atoms with van der Waals surface area (Å²) in [5.74, 6) is 0.830. The van der Waals surface area contributed by atoms with E-state index >= 15 is 0 Å². The summed E-state index contributed by atoms with van der Waals surface area (Å²) < 4.78 is 0. The van der Waals surface area contributed by atoms with Crippen LogP contribution in [0.2, 0.25) is 10.4 Å². The first kappa shape index (κ1) is 11.3. The van der Waals surface area contributed by atoms with Gasteiger partial charge in [0, 0.05) is 24.4 Å². The highest BCUT2D eigenvalue weighted by Crippen LogP contribution is 2.26. The zero-order valence-electron chi connectivity index (χ0n) is 8.28. The predicted octanol–water partition coefficient (Wildman–Crippen LogP) is 2.73. The second kappa shape index (κ2) is 4.76. The van der Waals surface area contributed by atoms with Crippen molar-refractivity contribution in [3.8, 4) is 0 Å². The van der Waals surface area contributed by atoms with E-state index in [2.05, 4.69) is 21.1 Å². The minimum Gasteiger partial charge on any atom is -0.355 e. The van der Waals surface area contributed by atoms with Crippen LogP contribution in [-0.2, 0) is 0 Å². The van der Waals surface area contributed by atoms with Crippen molar-refractivity contribution in [2.24, 2.45) is 0 Å². The lowest BCUT2D eigenvalue weighted by atomic mass is 10.4. The quantitative estimate of drug-likeness (QED) is 0.606. The average molecular weight is 264 g/mol. The van der Waals surface area contributed by atoms with Crippen molar-refractivity contribution in [2.75, 3.05) is 24.2 Å². The van der Waals surface area contributed by atoms with Gasteiger partial charge in [0.05, 0.1) is 0 Å². The Morgan fingerprint density at radius 3 is 2.87 bits per heavy atom. The molecule has 1 aromatic heterocycles. The molecule has 2 rings (SSSR count). The minimum atomic E-state index is 0.213. The summed E-state index contributed by atoms with van der Waals surface area (Å²) in [7, 11) is 0. The third-order valence-corrected chi connectivity index (χ3v) is 3.87. The number of aromatic nitrogens is 2. The summed E-state index contributed by atoms with van der Waals surface area (Å²) in [5, 5.41) is 1.29. The van der Waals surface area contributed by atoms with Crippen LogP contribution in [0.15, 0.2) is 6.07 Å². The number of nitrogens with zero attached hydrogens (tertiary/aromatic N) is 3. The number of anilines is 1. The van der Waals surface area contributed by atoms with Crippen molar-refractivity contribution in [3.05, 3.63) is 16.5 Å². The van der Waals surface area contributed by atoms with Gasteiger partial charge in [-0.15, -0.1) is 0 Å². The third kappa shape index (κ3) is 2.68. The topological polar surface area (TPSA) is 29.0 Å². The minimum absolute atomic E-state index is 0.213. The van der Waals surface area contributed by atoms with Crippen LogP contribution in [0.3, 0.4) is 0 Å². The van der Waals surface area contributed by atoms with Crippen LogP contribution in [0.1, 0.15) is 6.42 Å². The largest absolute Gasteiger partial charge is 0.355 e. The van der Waals surface area contributed by atoms with Gasteiger partial charge >= 0.3 is 0 Å². The highest BCUT2D eigenvalue weighted by molar-refractivity contribution is 7.99. The predicted molar refractivity (Wildman–Crippen MR) is 66.2 cm³/mol. The summed E-state index contributed by atoms with van der Waals surface area (Å²) in [4.78, 5) is 10.2. The molecule has 6 heteroatoms. The summed E-state index contributed by atoms with van der Waals surface area (Å²) >= 11 is 13.5. The molecule has 1 atom stereocenters. The number of halogens is 2. The molecule has 1 saturated heterocycles. The standard InChI is InChI=1S/C9H11Cl2N3S/c1-15-6-2-3-14(5-6)8-4-7(10)12-9(11)13-8/h4,6H,2-3,5H2,1H3. The molecule has 1 fully saturated rings. The van der Waals surface area contributed by atoms with Gasteiger partial charge in [0.25, 0.3) is 0 Å². The van der Waals surface area contributed by atoms with Crippen LogP contribution in [0.25, 0.3) is 0 Å². The maximum absolute atomic E-state index is 5.83. The van der Waals surface area contributed by atoms with Crippen LogP contribution in [0.5, 0.6) is 0 Å². The molecule has 1 unspecified atom stereocenters. The first-order chi connectivity index (χ1) is 7.19. The van der Waals surface area contributed by atoms with E-state index in [0.717, 1.165) is 18.9 Å². The van der Waals surface area contributed by atoms with E-state index in [0.29, 0.717) is 10.4 Å². The van der Waals surface area contributed by atoms with Crippen molar-refractivity contribution in [3.63, 3.8) is 0 Å². The zero-order chi connectivity index (χ0) is 10.8. The molecule has 3 nitrogen and oxygen atoms in total. The van der Waals surface area contributed by atoms with Crippen LogP contribution >= 0.6 is 35.0 Å².